The number of aromatic nitrogens is 1. The van der Waals surface area contributed by atoms with E-state index in [9.17, 15) is 4.79 Å². The number of carbonyl (C=O) groups is 1. The summed E-state index contributed by atoms with van der Waals surface area (Å²) in [6.07, 6.45) is 1.18. The van der Waals surface area contributed by atoms with Gasteiger partial charge in [-0.2, -0.15) is 4.98 Å². The lowest BCUT2D eigenvalue weighted by Crippen LogP contribution is -2.27. The fourth-order valence-electron chi connectivity index (χ4n) is 2.85. The second-order valence-electron chi connectivity index (χ2n) is 5.78. The number of nitrogens with zero attached hydrogens (tertiary/aromatic N) is 3. The highest BCUT2D eigenvalue weighted by atomic mass is 16.4. The third-order valence-corrected chi connectivity index (χ3v) is 3.97. The minimum absolute atomic E-state index is 0.213. The smallest absolute Gasteiger partial charge is 0.335 e. The summed E-state index contributed by atoms with van der Waals surface area (Å²) in [6, 6.07) is 5.29. The number of oxazole rings is 1. The molecule has 1 fully saturated rings. The normalized spacial score (nSPS) is 19.2. The molecule has 1 aliphatic heterocycles. The number of carboxylic acids is 1. The van der Waals surface area contributed by atoms with Crippen molar-refractivity contribution in [3.8, 4) is 0 Å². The molecule has 1 atom stereocenters. The molecule has 6 nitrogen and oxygen atoms in total. The van der Waals surface area contributed by atoms with E-state index in [0.29, 0.717) is 23.0 Å². The number of rotatable bonds is 4. The van der Waals surface area contributed by atoms with E-state index in [1.807, 2.05) is 11.9 Å². The molecule has 0 saturated carbocycles. The van der Waals surface area contributed by atoms with Crippen LogP contribution in [0.3, 0.4) is 0 Å². The molecule has 6 heteroatoms. The number of carboxylic acid groups (broad SMARTS) is 1. The molecular formula is C15H19N3O3. The average molecular weight is 289 g/mol. The van der Waals surface area contributed by atoms with Crippen molar-refractivity contribution in [2.45, 2.75) is 6.42 Å². The maximum Gasteiger partial charge on any atom is 0.335 e. The molecule has 3 rings (SSSR count). The topological polar surface area (TPSA) is 69.8 Å². The molecule has 2 heterocycles. The molecule has 1 saturated heterocycles. The van der Waals surface area contributed by atoms with E-state index < -0.39 is 5.97 Å². The van der Waals surface area contributed by atoms with Gasteiger partial charge in [0.15, 0.2) is 5.58 Å². The van der Waals surface area contributed by atoms with Crippen LogP contribution in [0.25, 0.3) is 11.1 Å². The third-order valence-electron chi connectivity index (χ3n) is 3.97. The fraction of sp³-hybridized carbons (Fsp3) is 0.467. The summed E-state index contributed by atoms with van der Waals surface area (Å²) in [7, 11) is 4.09. The Balaban J connectivity index is 1.78. The van der Waals surface area contributed by atoms with E-state index in [-0.39, 0.29) is 5.56 Å². The van der Waals surface area contributed by atoms with Crippen molar-refractivity contribution >= 4 is 23.1 Å². The number of anilines is 1. The Bertz CT molecular complexity index is 667. The molecule has 21 heavy (non-hydrogen) atoms. The summed E-state index contributed by atoms with van der Waals surface area (Å²) in [5.41, 5.74) is 1.41. The van der Waals surface area contributed by atoms with Gasteiger partial charge in [0.05, 0.1) is 5.56 Å². The van der Waals surface area contributed by atoms with Gasteiger partial charge in [-0.1, -0.05) is 0 Å². The number of aromatic carboxylic acids is 1. The Hall–Kier alpha value is -2.08. The van der Waals surface area contributed by atoms with Crippen molar-refractivity contribution in [1.82, 2.24) is 9.88 Å². The molecule has 2 aromatic rings. The maximum absolute atomic E-state index is 11.0. The molecule has 0 spiro atoms. The summed E-state index contributed by atoms with van der Waals surface area (Å²) in [6.45, 7) is 3.12. The van der Waals surface area contributed by atoms with Crippen LogP contribution in [0.1, 0.15) is 16.8 Å². The van der Waals surface area contributed by atoms with Crippen LogP contribution in [0.2, 0.25) is 0 Å². The molecule has 1 aromatic carbocycles. The van der Waals surface area contributed by atoms with Gasteiger partial charge in [-0.15, -0.1) is 0 Å². The Morgan fingerprint density at radius 3 is 3.05 bits per heavy atom. The largest absolute Gasteiger partial charge is 0.478 e. The van der Waals surface area contributed by atoms with E-state index in [1.54, 1.807) is 12.1 Å². The van der Waals surface area contributed by atoms with E-state index >= 15 is 0 Å². The molecule has 112 valence electrons. The van der Waals surface area contributed by atoms with E-state index in [0.717, 1.165) is 19.6 Å². The zero-order valence-electron chi connectivity index (χ0n) is 12.2. The van der Waals surface area contributed by atoms with Gasteiger partial charge < -0.3 is 19.3 Å². The van der Waals surface area contributed by atoms with Gasteiger partial charge in [0, 0.05) is 20.1 Å². The Morgan fingerprint density at radius 2 is 2.38 bits per heavy atom. The second-order valence-corrected chi connectivity index (χ2v) is 5.78. The van der Waals surface area contributed by atoms with Crippen LogP contribution in [0.5, 0.6) is 0 Å². The van der Waals surface area contributed by atoms with Crippen LogP contribution < -0.4 is 4.90 Å². The van der Waals surface area contributed by atoms with Crippen molar-refractivity contribution in [2.24, 2.45) is 5.92 Å². The number of benzene rings is 1. The Labute approximate surface area is 123 Å². The van der Waals surface area contributed by atoms with Gasteiger partial charge in [-0.05, 0) is 44.1 Å². The Kier molecular flexibility index (Phi) is 3.55. The molecule has 0 bridgehead atoms. The van der Waals surface area contributed by atoms with Crippen molar-refractivity contribution < 1.29 is 14.3 Å². The predicted octanol–water partition coefficient (Wildman–Crippen LogP) is 1.91. The lowest BCUT2D eigenvalue weighted by molar-refractivity contribution is 0.0697. The third kappa shape index (κ3) is 2.85. The number of fused-ring (bicyclic) bond motifs is 1. The van der Waals surface area contributed by atoms with Crippen LogP contribution in [-0.2, 0) is 0 Å². The summed E-state index contributed by atoms with van der Waals surface area (Å²) >= 11 is 0. The van der Waals surface area contributed by atoms with Gasteiger partial charge in [-0.25, -0.2) is 4.79 Å². The monoisotopic (exact) mass is 289 g/mol. The zero-order valence-corrected chi connectivity index (χ0v) is 12.2. The van der Waals surface area contributed by atoms with Crippen molar-refractivity contribution in [1.29, 1.82) is 0 Å². The van der Waals surface area contributed by atoms with E-state index in [4.69, 9.17) is 9.52 Å². The standard InChI is InChI=1S/C15H19N3O3/c1-17-6-5-10(8-17)9-18(2)15-16-12-4-3-11(14(19)20)7-13(12)21-15/h3-4,7,10H,5-6,8-9H2,1-2H3,(H,19,20). The number of hydrogen-bond donors (Lipinski definition) is 1. The molecule has 1 N–H and O–H groups in total. The van der Waals surface area contributed by atoms with Crippen LogP contribution in [0.15, 0.2) is 22.6 Å². The molecule has 1 unspecified atom stereocenters. The van der Waals surface area contributed by atoms with Gasteiger partial charge in [-0.3, -0.25) is 0 Å². The molecule has 0 radical (unpaired) electrons. The molecular weight excluding hydrogens is 270 g/mol. The van der Waals surface area contributed by atoms with Crippen molar-refractivity contribution in [3.63, 3.8) is 0 Å². The van der Waals surface area contributed by atoms with Gasteiger partial charge in [0.25, 0.3) is 6.01 Å². The minimum atomic E-state index is -0.961. The molecule has 0 amide bonds. The van der Waals surface area contributed by atoms with E-state index in [1.165, 1.54) is 12.5 Å². The predicted molar refractivity (Wildman–Crippen MR) is 79.8 cm³/mol. The fourth-order valence-corrected chi connectivity index (χ4v) is 2.85. The summed E-state index contributed by atoms with van der Waals surface area (Å²) in [5, 5.41) is 9.00. The number of likely N-dealkylation sites (tertiary alicyclic amines) is 1. The first-order valence-electron chi connectivity index (χ1n) is 7.06. The van der Waals surface area contributed by atoms with Crippen LogP contribution in [0.4, 0.5) is 6.01 Å². The highest BCUT2D eigenvalue weighted by molar-refractivity contribution is 5.92. The van der Waals surface area contributed by atoms with Crippen molar-refractivity contribution in [3.05, 3.63) is 23.8 Å². The number of hydrogen-bond acceptors (Lipinski definition) is 5. The second kappa shape index (κ2) is 5.37. The zero-order chi connectivity index (χ0) is 15.0. The first-order valence-corrected chi connectivity index (χ1v) is 7.06. The summed E-state index contributed by atoms with van der Waals surface area (Å²) in [5.74, 6) is -0.346. The first-order chi connectivity index (χ1) is 10.0. The molecule has 1 aliphatic rings. The lowest BCUT2D eigenvalue weighted by Gasteiger charge is -2.18. The Morgan fingerprint density at radius 1 is 1.57 bits per heavy atom. The van der Waals surface area contributed by atoms with Gasteiger partial charge in [0.2, 0.25) is 0 Å². The summed E-state index contributed by atoms with van der Waals surface area (Å²) in [4.78, 5) is 19.7. The van der Waals surface area contributed by atoms with Crippen LogP contribution in [0, 0.1) is 5.92 Å². The minimum Gasteiger partial charge on any atom is -0.478 e. The average Bonchev–Trinajstić information content (AvgIpc) is 3.03. The summed E-state index contributed by atoms with van der Waals surface area (Å²) < 4.78 is 5.70. The maximum atomic E-state index is 11.0. The molecule has 1 aromatic heterocycles. The van der Waals surface area contributed by atoms with Gasteiger partial charge in [0.1, 0.15) is 5.52 Å². The van der Waals surface area contributed by atoms with E-state index in [2.05, 4.69) is 16.9 Å². The highest BCUT2D eigenvalue weighted by Gasteiger charge is 2.22. The van der Waals surface area contributed by atoms with Gasteiger partial charge >= 0.3 is 5.97 Å². The molecule has 0 aliphatic carbocycles. The first kappa shape index (κ1) is 13.9. The van der Waals surface area contributed by atoms with Crippen LogP contribution in [-0.4, -0.2) is 54.7 Å². The highest BCUT2D eigenvalue weighted by Crippen LogP contribution is 2.24. The van der Waals surface area contributed by atoms with Crippen molar-refractivity contribution in [2.75, 3.05) is 38.6 Å². The quantitative estimate of drug-likeness (QED) is 0.927. The van der Waals surface area contributed by atoms with Crippen LogP contribution >= 0.6 is 0 Å². The SMILES string of the molecule is CN1CCC(CN(C)c2nc3ccc(C(=O)O)cc3o2)C1. The lowest BCUT2D eigenvalue weighted by atomic mass is 10.1.